The SMILES string of the molecule is CCOC(=O)N1CCC23CCCCC2C1CC1=C3C=C(C)CC1. The second kappa shape index (κ2) is 5.68. The molecule has 3 aliphatic carbocycles. The van der Waals surface area contributed by atoms with Crippen LogP contribution in [0.4, 0.5) is 4.79 Å². The van der Waals surface area contributed by atoms with Crippen molar-refractivity contribution in [1.29, 1.82) is 0 Å². The van der Waals surface area contributed by atoms with E-state index in [0.717, 1.165) is 19.4 Å². The molecule has 1 aliphatic heterocycles. The van der Waals surface area contributed by atoms with Crippen molar-refractivity contribution in [3.05, 3.63) is 22.8 Å². The molecule has 3 heteroatoms. The summed E-state index contributed by atoms with van der Waals surface area (Å²) >= 11 is 0. The highest BCUT2D eigenvalue weighted by Crippen LogP contribution is 2.60. The van der Waals surface area contributed by atoms with E-state index in [1.54, 1.807) is 16.7 Å². The minimum Gasteiger partial charge on any atom is -0.450 e. The van der Waals surface area contributed by atoms with E-state index in [-0.39, 0.29) is 6.09 Å². The van der Waals surface area contributed by atoms with E-state index < -0.39 is 0 Å². The standard InChI is InChI=1S/C20H29NO2/c1-3-23-19(22)21-11-10-20-9-5-4-6-16(20)18(21)13-15-8-7-14(2)12-17(15)20/h12,16,18H,3-11,13H2,1-2H3. The fourth-order valence-electron chi connectivity index (χ4n) is 5.86. The summed E-state index contributed by atoms with van der Waals surface area (Å²) < 4.78 is 5.36. The van der Waals surface area contributed by atoms with E-state index in [4.69, 9.17) is 4.74 Å². The number of hydrogen-bond acceptors (Lipinski definition) is 2. The second-order valence-corrected chi connectivity index (χ2v) is 7.93. The van der Waals surface area contributed by atoms with E-state index in [0.29, 0.717) is 24.0 Å². The normalized spacial score (nSPS) is 36.1. The molecule has 4 rings (SSSR count). The van der Waals surface area contributed by atoms with Crippen LogP contribution in [-0.4, -0.2) is 30.2 Å². The molecule has 0 aromatic rings. The maximum Gasteiger partial charge on any atom is 0.410 e. The van der Waals surface area contributed by atoms with Crippen LogP contribution in [0.3, 0.4) is 0 Å². The van der Waals surface area contributed by atoms with E-state index in [1.165, 1.54) is 38.5 Å². The molecular weight excluding hydrogens is 286 g/mol. The van der Waals surface area contributed by atoms with Gasteiger partial charge in [0, 0.05) is 18.0 Å². The largest absolute Gasteiger partial charge is 0.450 e. The van der Waals surface area contributed by atoms with Gasteiger partial charge in [0.1, 0.15) is 0 Å². The first-order valence-corrected chi connectivity index (χ1v) is 9.49. The summed E-state index contributed by atoms with van der Waals surface area (Å²) in [4.78, 5) is 14.5. The van der Waals surface area contributed by atoms with Crippen LogP contribution < -0.4 is 0 Å². The van der Waals surface area contributed by atoms with Crippen LogP contribution in [0.5, 0.6) is 0 Å². The Morgan fingerprint density at radius 2 is 2.22 bits per heavy atom. The van der Waals surface area contributed by atoms with Gasteiger partial charge in [-0.2, -0.15) is 0 Å². The van der Waals surface area contributed by atoms with Gasteiger partial charge in [0.05, 0.1) is 6.61 Å². The first-order valence-electron chi connectivity index (χ1n) is 9.49. The number of piperidine rings is 1. The van der Waals surface area contributed by atoms with E-state index >= 15 is 0 Å². The van der Waals surface area contributed by atoms with Crippen LogP contribution in [0.15, 0.2) is 22.8 Å². The summed E-state index contributed by atoms with van der Waals surface area (Å²) in [6, 6.07) is 0.383. The van der Waals surface area contributed by atoms with Gasteiger partial charge in [-0.3, -0.25) is 0 Å². The molecule has 3 unspecified atom stereocenters. The van der Waals surface area contributed by atoms with Gasteiger partial charge in [0.2, 0.25) is 0 Å². The first kappa shape index (κ1) is 15.3. The number of nitrogens with zero attached hydrogens (tertiary/aromatic N) is 1. The molecule has 0 aromatic carbocycles. The molecule has 1 heterocycles. The Balaban J connectivity index is 1.74. The van der Waals surface area contributed by atoms with Crippen molar-refractivity contribution in [3.63, 3.8) is 0 Å². The van der Waals surface area contributed by atoms with Gasteiger partial charge in [-0.25, -0.2) is 4.79 Å². The second-order valence-electron chi connectivity index (χ2n) is 7.93. The summed E-state index contributed by atoms with van der Waals surface area (Å²) in [6.45, 7) is 5.55. The van der Waals surface area contributed by atoms with E-state index in [2.05, 4.69) is 17.9 Å². The van der Waals surface area contributed by atoms with Gasteiger partial charge in [-0.1, -0.05) is 30.1 Å². The summed E-state index contributed by atoms with van der Waals surface area (Å²) in [5.74, 6) is 0.648. The molecule has 1 amide bonds. The summed E-state index contributed by atoms with van der Waals surface area (Å²) in [5, 5.41) is 0. The quantitative estimate of drug-likeness (QED) is 0.693. The maximum atomic E-state index is 12.5. The Labute approximate surface area is 139 Å². The number of allylic oxidation sites excluding steroid dienone is 3. The molecule has 2 fully saturated rings. The summed E-state index contributed by atoms with van der Waals surface area (Å²) in [7, 11) is 0. The smallest absolute Gasteiger partial charge is 0.410 e. The number of carbonyl (C=O) groups is 1. The van der Waals surface area contributed by atoms with Crippen molar-refractivity contribution in [1.82, 2.24) is 4.90 Å². The molecular formula is C20H29NO2. The summed E-state index contributed by atoms with van der Waals surface area (Å²) in [5.41, 5.74) is 5.24. The number of rotatable bonds is 1. The van der Waals surface area contributed by atoms with Crippen molar-refractivity contribution >= 4 is 6.09 Å². The molecule has 1 saturated carbocycles. The average Bonchev–Trinajstić information content (AvgIpc) is 2.56. The number of likely N-dealkylation sites (tertiary alicyclic amines) is 1. The number of amides is 1. The van der Waals surface area contributed by atoms with Crippen LogP contribution >= 0.6 is 0 Å². The van der Waals surface area contributed by atoms with Gasteiger partial charge < -0.3 is 9.64 Å². The topological polar surface area (TPSA) is 29.5 Å². The van der Waals surface area contributed by atoms with E-state index in [9.17, 15) is 4.79 Å². The molecule has 3 nitrogen and oxygen atoms in total. The maximum absolute atomic E-state index is 12.5. The van der Waals surface area contributed by atoms with Crippen molar-refractivity contribution < 1.29 is 9.53 Å². The molecule has 0 spiro atoms. The van der Waals surface area contributed by atoms with Crippen LogP contribution in [0.2, 0.25) is 0 Å². The number of hydrogen-bond donors (Lipinski definition) is 0. The average molecular weight is 315 g/mol. The molecule has 0 radical (unpaired) electrons. The molecule has 2 bridgehead atoms. The predicted molar refractivity (Wildman–Crippen MR) is 91.2 cm³/mol. The molecule has 0 N–H and O–H groups in total. The minimum atomic E-state index is -0.0803. The monoisotopic (exact) mass is 315 g/mol. The number of ether oxygens (including phenoxy) is 1. The molecule has 4 aliphatic rings. The lowest BCUT2D eigenvalue weighted by Gasteiger charge is -2.59. The highest BCUT2D eigenvalue weighted by atomic mass is 16.6. The fraction of sp³-hybridized carbons (Fsp3) is 0.750. The highest BCUT2D eigenvalue weighted by molar-refractivity contribution is 5.69. The Bertz CT molecular complexity index is 576. The number of carbonyl (C=O) groups excluding carboxylic acids is 1. The van der Waals surface area contributed by atoms with E-state index in [1.807, 2.05) is 6.92 Å². The zero-order chi connectivity index (χ0) is 16.0. The minimum absolute atomic E-state index is 0.0803. The van der Waals surface area contributed by atoms with Gasteiger partial charge in [-0.15, -0.1) is 0 Å². The summed E-state index contributed by atoms with van der Waals surface area (Å²) in [6.07, 6.45) is 12.4. The lowest BCUT2D eigenvalue weighted by molar-refractivity contribution is -0.0314. The lowest BCUT2D eigenvalue weighted by atomic mass is 9.51. The van der Waals surface area contributed by atoms with Crippen LogP contribution in [0, 0.1) is 11.3 Å². The highest BCUT2D eigenvalue weighted by Gasteiger charge is 2.55. The van der Waals surface area contributed by atoms with Crippen molar-refractivity contribution in [2.75, 3.05) is 13.2 Å². The Kier molecular flexibility index (Phi) is 3.78. The molecule has 23 heavy (non-hydrogen) atoms. The zero-order valence-corrected chi connectivity index (χ0v) is 14.6. The van der Waals surface area contributed by atoms with Crippen molar-refractivity contribution in [3.8, 4) is 0 Å². The fourth-order valence-corrected chi connectivity index (χ4v) is 5.86. The van der Waals surface area contributed by atoms with Gasteiger partial charge in [0.15, 0.2) is 0 Å². The van der Waals surface area contributed by atoms with Crippen LogP contribution in [-0.2, 0) is 4.74 Å². The van der Waals surface area contributed by atoms with Crippen molar-refractivity contribution in [2.24, 2.45) is 11.3 Å². The predicted octanol–water partition coefficient (Wildman–Crippen LogP) is 4.83. The molecule has 3 atom stereocenters. The van der Waals surface area contributed by atoms with Crippen LogP contribution in [0.25, 0.3) is 0 Å². The third kappa shape index (κ3) is 2.27. The Hall–Kier alpha value is -1.25. The van der Waals surface area contributed by atoms with Crippen molar-refractivity contribution in [2.45, 2.75) is 71.3 Å². The molecule has 126 valence electrons. The molecule has 0 aromatic heterocycles. The Morgan fingerprint density at radius 3 is 3.04 bits per heavy atom. The third-order valence-corrected chi connectivity index (χ3v) is 6.85. The van der Waals surface area contributed by atoms with Gasteiger partial charge in [-0.05, 0) is 63.9 Å². The zero-order valence-electron chi connectivity index (χ0n) is 14.6. The van der Waals surface area contributed by atoms with Gasteiger partial charge >= 0.3 is 6.09 Å². The van der Waals surface area contributed by atoms with Gasteiger partial charge in [0.25, 0.3) is 0 Å². The first-order chi connectivity index (χ1) is 11.2. The Morgan fingerprint density at radius 1 is 1.35 bits per heavy atom. The third-order valence-electron chi connectivity index (χ3n) is 6.85. The van der Waals surface area contributed by atoms with Crippen LogP contribution in [0.1, 0.15) is 65.2 Å². The molecule has 1 saturated heterocycles. The lowest BCUT2D eigenvalue weighted by Crippen LogP contribution is -2.60.